The summed E-state index contributed by atoms with van der Waals surface area (Å²) in [6.07, 6.45) is 5.00. The maximum Gasteiger partial charge on any atom is 0.0739 e. The molecule has 0 aromatic carbocycles. The van der Waals surface area contributed by atoms with Gasteiger partial charge in [-0.2, -0.15) is 0 Å². The molecule has 0 saturated heterocycles. The normalized spacial score (nSPS) is 10.7. The average Bonchev–Trinajstić information content (AvgIpc) is 2.14. The van der Waals surface area contributed by atoms with Crippen molar-refractivity contribution in [3.8, 4) is 0 Å². The van der Waals surface area contributed by atoms with Crippen LogP contribution in [0.15, 0.2) is 24.5 Å². The molecule has 1 heterocycles. The smallest absolute Gasteiger partial charge is 0.0739 e. The van der Waals surface area contributed by atoms with Crippen molar-refractivity contribution < 1.29 is 15.3 Å². The molecule has 72 valence electrons. The van der Waals surface area contributed by atoms with E-state index in [1.165, 1.54) is 0 Å². The molecule has 0 spiro atoms. The fourth-order valence-electron chi connectivity index (χ4n) is 0.968. The zero-order valence-electron chi connectivity index (χ0n) is 7.13. The van der Waals surface area contributed by atoms with E-state index < -0.39 is 0 Å². The predicted molar refractivity (Wildman–Crippen MR) is 43.9 cm³/mol. The summed E-state index contributed by atoms with van der Waals surface area (Å²) in [6.45, 7) is 0.266. The van der Waals surface area contributed by atoms with E-state index in [0.29, 0.717) is 6.42 Å². The van der Waals surface area contributed by atoms with Crippen molar-refractivity contribution in [3.63, 3.8) is 0 Å². The van der Waals surface area contributed by atoms with Crippen LogP contribution in [0, 0.1) is 0 Å². The highest BCUT2D eigenvalue weighted by Gasteiger charge is 1.95. The molecule has 5 heteroatoms. The van der Waals surface area contributed by atoms with Crippen LogP contribution in [0.25, 0.3) is 0 Å². The Balaban J connectivity index is 2.13. The molecule has 1 aromatic rings. The fourth-order valence-corrected chi connectivity index (χ4v) is 0.968. The van der Waals surface area contributed by atoms with E-state index in [0.717, 1.165) is 12.0 Å². The Labute approximate surface area is 76.1 Å². The van der Waals surface area contributed by atoms with Gasteiger partial charge < -0.3 is 0 Å². The number of hydrogen-bond donors (Lipinski definition) is 2. The Kier molecular flexibility index (Phi) is 4.34. The SMILES string of the molecule is ON(O)OCCCc1cccnc1. The van der Waals surface area contributed by atoms with Crippen LogP contribution >= 0.6 is 0 Å². The summed E-state index contributed by atoms with van der Waals surface area (Å²) in [5.41, 5.74) is 1.11. The van der Waals surface area contributed by atoms with E-state index in [4.69, 9.17) is 10.4 Å². The van der Waals surface area contributed by atoms with Crippen molar-refractivity contribution >= 4 is 0 Å². The lowest BCUT2D eigenvalue weighted by atomic mass is 10.2. The number of pyridine rings is 1. The Hall–Kier alpha value is -1.01. The van der Waals surface area contributed by atoms with Gasteiger partial charge in [0.2, 0.25) is 0 Å². The molecule has 1 rings (SSSR count). The second-order valence-electron chi connectivity index (χ2n) is 2.55. The Morgan fingerprint density at radius 1 is 1.46 bits per heavy atom. The summed E-state index contributed by atoms with van der Waals surface area (Å²) in [4.78, 5) is 8.34. The molecule has 0 aliphatic rings. The molecule has 0 unspecified atom stereocenters. The summed E-state index contributed by atoms with van der Waals surface area (Å²) < 4.78 is 0. The van der Waals surface area contributed by atoms with Crippen molar-refractivity contribution in [1.29, 1.82) is 0 Å². The van der Waals surface area contributed by atoms with Crippen molar-refractivity contribution in [1.82, 2.24) is 10.4 Å². The highest BCUT2D eigenvalue weighted by atomic mass is 17.1. The Morgan fingerprint density at radius 2 is 2.31 bits per heavy atom. The minimum Gasteiger partial charge on any atom is -0.266 e. The zero-order valence-corrected chi connectivity index (χ0v) is 7.13. The third-order valence-electron chi connectivity index (χ3n) is 1.54. The number of nitrogens with zero attached hydrogens (tertiary/aromatic N) is 2. The van der Waals surface area contributed by atoms with Gasteiger partial charge in [-0.05, 0) is 24.5 Å². The lowest BCUT2D eigenvalue weighted by Gasteiger charge is -2.05. The first kappa shape index (κ1) is 10.1. The van der Waals surface area contributed by atoms with Crippen molar-refractivity contribution in [2.75, 3.05) is 6.61 Å². The van der Waals surface area contributed by atoms with Gasteiger partial charge in [0.05, 0.1) is 12.0 Å². The van der Waals surface area contributed by atoms with Gasteiger partial charge in [0.15, 0.2) is 0 Å². The van der Waals surface area contributed by atoms with Gasteiger partial charge in [-0.3, -0.25) is 20.2 Å². The molecule has 13 heavy (non-hydrogen) atoms. The molecule has 0 saturated carbocycles. The number of aromatic nitrogens is 1. The van der Waals surface area contributed by atoms with E-state index in [2.05, 4.69) is 9.82 Å². The maximum atomic E-state index is 8.20. The third kappa shape index (κ3) is 4.54. The zero-order chi connectivity index (χ0) is 9.52. The summed E-state index contributed by atoms with van der Waals surface area (Å²) in [5, 5.41) is 16.1. The van der Waals surface area contributed by atoms with Gasteiger partial charge in [-0.15, -0.1) is 0 Å². The van der Waals surface area contributed by atoms with Gasteiger partial charge >= 0.3 is 0 Å². The Morgan fingerprint density at radius 3 is 2.92 bits per heavy atom. The summed E-state index contributed by atoms with van der Waals surface area (Å²) >= 11 is 0. The van der Waals surface area contributed by atoms with Gasteiger partial charge in [-0.25, -0.2) is 0 Å². The first-order valence-corrected chi connectivity index (χ1v) is 3.99. The van der Waals surface area contributed by atoms with Gasteiger partial charge in [0, 0.05) is 12.4 Å². The molecule has 1 aromatic heterocycles. The molecule has 0 aliphatic heterocycles. The molecule has 0 amide bonds. The predicted octanol–water partition coefficient (Wildman–Crippen LogP) is 1.03. The van der Waals surface area contributed by atoms with Crippen molar-refractivity contribution in [2.45, 2.75) is 12.8 Å². The highest BCUT2D eigenvalue weighted by Crippen LogP contribution is 2.00. The summed E-state index contributed by atoms with van der Waals surface area (Å²) in [6, 6.07) is 3.82. The van der Waals surface area contributed by atoms with Crippen LogP contribution in [0.4, 0.5) is 0 Å². The highest BCUT2D eigenvalue weighted by molar-refractivity contribution is 5.08. The van der Waals surface area contributed by atoms with Gasteiger partial charge in [0.1, 0.15) is 0 Å². The van der Waals surface area contributed by atoms with E-state index in [9.17, 15) is 0 Å². The Bertz CT molecular complexity index is 228. The molecule has 2 N–H and O–H groups in total. The van der Waals surface area contributed by atoms with Gasteiger partial charge in [-0.1, -0.05) is 6.07 Å². The van der Waals surface area contributed by atoms with E-state index in [1.54, 1.807) is 12.4 Å². The summed E-state index contributed by atoms with van der Waals surface area (Å²) in [7, 11) is 0. The van der Waals surface area contributed by atoms with Crippen molar-refractivity contribution in [3.05, 3.63) is 30.1 Å². The molecule has 0 bridgehead atoms. The maximum absolute atomic E-state index is 8.20. The monoisotopic (exact) mass is 184 g/mol. The molecule has 0 aliphatic carbocycles. The topological polar surface area (TPSA) is 65.8 Å². The van der Waals surface area contributed by atoms with Crippen LogP contribution in [0.1, 0.15) is 12.0 Å². The molecule has 0 fully saturated rings. The molecular weight excluding hydrogens is 172 g/mol. The van der Waals surface area contributed by atoms with Crippen LogP contribution in [-0.2, 0) is 11.3 Å². The van der Waals surface area contributed by atoms with Crippen LogP contribution in [-0.4, -0.2) is 27.4 Å². The van der Waals surface area contributed by atoms with Crippen molar-refractivity contribution in [2.24, 2.45) is 0 Å². The van der Waals surface area contributed by atoms with E-state index in [1.807, 2.05) is 12.1 Å². The van der Waals surface area contributed by atoms with E-state index >= 15 is 0 Å². The van der Waals surface area contributed by atoms with Crippen LogP contribution in [0.2, 0.25) is 0 Å². The molecule has 0 radical (unpaired) electrons. The number of hydrogen-bond acceptors (Lipinski definition) is 5. The third-order valence-corrected chi connectivity index (χ3v) is 1.54. The van der Waals surface area contributed by atoms with E-state index in [-0.39, 0.29) is 12.0 Å². The average molecular weight is 184 g/mol. The minimum absolute atomic E-state index is 0.266. The second-order valence-corrected chi connectivity index (χ2v) is 2.55. The fraction of sp³-hybridized carbons (Fsp3) is 0.375. The first-order chi connectivity index (χ1) is 6.29. The first-order valence-electron chi connectivity index (χ1n) is 3.99. The minimum atomic E-state index is -0.275. The van der Waals surface area contributed by atoms with Crippen LogP contribution < -0.4 is 0 Å². The number of rotatable bonds is 5. The standard InChI is InChI=1S/C8H12N2O3/c11-10(12)13-6-2-4-8-3-1-5-9-7-8/h1,3,5,7,11-12H,2,4,6H2. The van der Waals surface area contributed by atoms with Crippen LogP contribution in [0.3, 0.4) is 0 Å². The molecule has 0 atom stereocenters. The largest absolute Gasteiger partial charge is 0.266 e. The quantitative estimate of drug-likeness (QED) is 0.528. The second kappa shape index (κ2) is 5.60. The lowest BCUT2D eigenvalue weighted by Crippen LogP contribution is -2.15. The molecule has 5 nitrogen and oxygen atoms in total. The van der Waals surface area contributed by atoms with Crippen LogP contribution in [0.5, 0.6) is 0 Å². The molecular formula is C8H12N2O3. The van der Waals surface area contributed by atoms with Gasteiger partial charge in [0.25, 0.3) is 0 Å². The summed E-state index contributed by atoms with van der Waals surface area (Å²) in [5.74, 6) is 0. The number of aryl methyl sites for hydroxylation is 1. The lowest BCUT2D eigenvalue weighted by molar-refractivity contribution is -0.492.